The van der Waals surface area contributed by atoms with Crippen molar-refractivity contribution in [3.8, 4) is 16.9 Å². The Morgan fingerprint density at radius 1 is 1.18 bits per heavy atom. The standard InChI is InChI=1S/C27H33N3O2.C2H4/c1-18(2)25-23(22-12-8-9-13-24(22)32-5)16-19(3)26(28-25)29-14-15-30(20(4)17-29)27(31)21-10-6-7-11-21;1-2/h6-10,12-13,16,18,20H,11,14-15,17H2,1-5H3;1-2H2. The smallest absolute Gasteiger partial charge is 0.250 e. The predicted octanol–water partition coefficient (Wildman–Crippen LogP) is 5.91. The Balaban J connectivity index is 0.00000158. The number of pyridine rings is 1. The van der Waals surface area contributed by atoms with Gasteiger partial charge in [-0.2, -0.15) is 0 Å². The summed E-state index contributed by atoms with van der Waals surface area (Å²) in [5, 5.41) is 0. The first-order chi connectivity index (χ1) is 16.4. The fourth-order valence-corrected chi connectivity index (χ4v) is 4.70. The van der Waals surface area contributed by atoms with Gasteiger partial charge in [0.2, 0.25) is 5.91 Å². The highest BCUT2D eigenvalue weighted by molar-refractivity contribution is 5.95. The van der Waals surface area contributed by atoms with Crippen LogP contribution in [0.3, 0.4) is 0 Å². The molecule has 34 heavy (non-hydrogen) atoms. The van der Waals surface area contributed by atoms with Gasteiger partial charge in [0, 0.05) is 42.4 Å². The number of amides is 1. The van der Waals surface area contributed by atoms with Crippen molar-refractivity contribution in [2.24, 2.45) is 0 Å². The molecule has 1 aromatic carbocycles. The van der Waals surface area contributed by atoms with Crippen molar-refractivity contribution < 1.29 is 9.53 Å². The van der Waals surface area contributed by atoms with E-state index in [2.05, 4.69) is 57.9 Å². The van der Waals surface area contributed by atoms with E-state index in [0.717, 1.165) is 59.0 Å². The third kappa shape index (κ3) is 5.09. The van der Waals surface area contributed by atoms with Crippen molar-refractivity contribution in [2.45, 2.75) is 46.1 Å². The van der Waals surface area contributed by atoms with Gasteiger partial charge < -0.3 is 14.5 Å². The van der Waals surface area contributed by atoms with Gasteiger partial charge in [-0.15, -0.1) is 13.2 Å². The van der Waals surface area contributed by atoms with Crippen LogP contribution in [0.4, 0.5) is 5.82 Å². The van der Waals surface area contributed by atoms with Crippen LogP contribution in [-0.4, -0.2) is 48.6 Å². The highest BCUT2D eigenvalue weighted by Crippen LogP contribution is 2.37. The third-order valence-corrected chi connectivity index (χ3v) is 6.39. The Morgan fingerprint density at radius 3 is 2.53 bits per heavy atom. The lowest BCUT2D eigenvalue weighted by atomic mass is 9.95. The zero-order valence-corrected chi connectivity index (χ0v) is 21.2. The van der Waals surface area contributed by atoms with Crippen LogP contribution in [0, 0.1) is 6.92 Å². The highest BCUT2D eigenvalue weighted by Gasteiger charge is 2.31. The van der Waals surface area contributed by atoms with E-state index in [0.29, 0.717) is 6.54 Å². The van der Waals surface area contributed by atoms with Crippen LogP contribution in [-0.2, 0) is 4.79 Å². The summed E-state index contributed by atoms with van der Waals surface area (Å²) in [7, 11) is 1.71. The molecule has 0 saturated carbocycles. The summed E-state index contributed by atoms with van der Waals surface area (Å²) in [6.07, 6.45) is 6.70. The van der Waals surface area contributed by atoms with E-state index >= 15 is 0 Å². The van der Waals surface area contributed by atoms with Crippen LogP contribution < -0.4 is 9.64 Å². The number of nitrogens with zero attached hydrogens (tertiary/aromatic N) is 3. The summed E-state index contributed by atoms with van der Waals surface area (Å²) in [5.41, 5.74) is 5.31. The molecule has 1 amide bonds. The molecule has 0 spiro atoms. The molecule has 2 heterocycles. The second-order valence-electron chi connectivity index (χ2n) is 9.03. The van der Waals surface area contributed by atoms with E-state index < -0.39 is 0 Å². The van der Waals surface area contributed by atoms with E-state index in [1.54, 1.807) is 7.11 Å². The van der Waals surface area contributed by atoms with Crippen molar-refractivity contribution >= 4 is 11.7 Å². The number of anilines is 1. The zero-order valence-electron chi connectivity index (χ0n) is 21.2. The lowest BCUT2D eigenvalue weighted by molar-refractivity contribution is -0.129. The molecule has 1 aliphatic carbocycles. The quantitative estimate of drug-likeness (QED) is 0.521. The molecule has 1 aromatic heterocycles. The maximum absolute atomic E-state index is 12.9. The van der Waals surface area contributed by atoms with Crippen LogP contribution in [0.15, 0.2) is 67.3 Å². The SMILES string of the molecule is C=C.COc1ccccc1-c1cc(C)c(N2CCN(C(=O)C3=CC=CC3)C(C)C2)nc1C(C)C. The Morgan fingerprint density at radius 2 is 1.91 bits per heavy atom. The summed E-state index contributed by atoms with van der Waals surface area (Å²) < 4.78 is 5.63. The molecule has 1 aliphatic heterocycles. The van der Waals surface area contributed by atoms with Gasteiger partial charge in [0.15, 0.2) is 0 Å². The van der Waals surface area contributed by atoms with Crippen LogP contribution in [0.25, 0.3) is 11.1 Å². The normalized spacial score (nSPS) is 17.4. The van der Waals surface area contributed by atoms with Gasteiger partial charge in [0.05, 0.1) is 12.8 Å². The lowest BCUT2D eigenvalue weighted by Gasteiger charge is -2.41. The minimum atomic E-state index is 0.135. The first kappa shape index (κ1) is 25.3. The van der Waals surface area contributed by atoms with Gasteiger partial charge in [-0.1, -0.05) is 50.3 Å². The molecule has 2 aliphatic rings. The molecule has 1 saturated heterocycles. The molecule has 1 atom stereocenters. The summed E-state index contributed by atoms with van der Waals surface area (Å²) >= 11 is 0. The molecule has 1 fully saturated rings. The number of aryl methyl sites for hydroxylation is 1. The Kier molecular flexibility index (Phi) is 8.32. The van der Waals surface area contributed by atoms with Gasteiger partial charge in [0.25, 0.3) is 0 Å². The number of ether oxygens (including phenoxy) is 1. The lowest BCUT2D eigenvalue weighted by Crippen LogP contribution is -2.54. The zero-order chi connectivity index (χ0) is 24.8. The van der Waals surface area contributed by atoms with Crippen molar-refractivity contribution in [1.82, 2.24) is 9.88 Å². The summed E-state index contributed by atoms with van der Waals surface area (Å²) in [6, 6.07) is 10.5. The second kappa shape index (κ2) is 11.2. The molecule has 0 N–H and O–H groups in total. The van der Waals surface area contributed by atoms with E-state index in [4.69, 9.17) is 9.72 Å². The molecule has 5 nitrogen and oxygen atoms in total. The number of methoxy groups -OCH3 is 1. The molecule has 0 bridgehead atoms. The van der Waals surface area contributed by atoms with Gasteiger partial charge in [-0.05, 0) is 43.9 Å². The fourth-order valence-electron chi connectivity index (χ4n) is 4.70. The molecule has 2 aromatic rings. The summed E-state index contributed by atoms with van der Waals surface area (Å²) in [5.74, 6) is 2.32. The summed E-state index contributed by atoms with van der Waals surface area (Å²) in [6.45, 7) is 16.9. The van der Waals surface area contributed by atoms with Gasteiger partial charge >= 0.3 is 0 Å². The third-order valence-electron chi connectivity index (χ3n) is 6.39. The highest BCUT2D eigenvalue weighted by atomic mass is 16.5. The number of hydrogen-bond donors (Lipinski definition) is 0. The minimum absolute atomic E-state index is 0.135. The number of allylic oxidation sites excluding steroid dienone is 3. The molecule has 180 valence electrons. The molecule has 0 radical (unpaired) electrons. The molecular weight excluding hydrogens is 422 g/mol. The van der Waals surface area contributed by atoms with Crippen molar-refractivity contribution in [1.29, 1.82) is 0 Å². The first-order valence-corrected chi connectivity index (χ1v) is 12.0. The van der Waals surface area contributed by atoms with Crippen molar-refractivity contribution in [3.05, 3.63) is 78.5 Å². The molecule has 1 unspecified atom stereocenters. The van der Waals surface area contributed by atoms with Crippen molar-refractivity contribution in [2.75, 3.05) is 31.6 Å². The average Bonchev–Trinajstić information content (AvgIpc) is 3.39. The number of carbonyl (C=O) groups excluding carboxylic acids is 1. The number of aromatic nitrogens is 1. The Labute approximate surface area is 204 Å². The second-order valence-corrected chi connectivity index (χ2v) is 9.03. The maximum atomic E-state index is 12.9. The number of rotatable bonds is 5. The summed E-state index contributed by atoms with van der Waals surface area (Å²) in [4.78, 5) is 22.4. The monoisotopic (exact) mass is 459 g/mol. The number of benzene rings is 1. The Hall–Kier alpha value is -3.34. The van der Waals surface area contributed by atoms with Crippen LogP contribution in [0.5, 0.6) is 5.75 Å². The molecule has 4 rings (SSSR count). The van der Waals surface area contributed by atoms with E-state index in [1.165, 1.54) is 0 Å². The van der Waals surface area contributed by atoms with Gasteiger partial charge in [-0.25, -0.2) is 4.98 Å². The molecular formula is C29H37N3O2. The largest absolute Gasteiger partial charge is 0.496 e. The molecule has 5 heteroatoms. The van der Waals surface area contributed by atoms with E-state index in [-0.39, 0.29) is 17.9 Å². The average molecular weight is 460 g/mol. The Bertz CT molecular complexity index is 1090. The number of hydrogen-bond acceptors (Lipinski definition) is 4. The predicted molar refractivity (Wildman–Crippen MR) is 142 cm³/mol. The first-order valence-electron chi connectivity index (χ1n) is 12.0. The van der Waals surface area contributed by atoms with Crippen LogP contribution >= 0.6 is 0 Å². The minimum Gasteiger partial charge on any atom is -0.496 e. The maximum Gasteiger partial charge on any atom is 0.250 e. The van der Waals surface area contributed by atoms with Gasteiger partial charge in [-0.3, -0.25) is 4.79 Å². The van der Waals surface area contributed by atoms with Crippen molar-refractivity contribution in [3.63, 3.8) is 0 Å². The number of piperazine rings is 1. The van der Waals surface area contributed by atoms with Crippen LogP contribution in [0.1, 0.15) is 44.4 Å². The van der Waals surface area contributed by atoms with E-state index in [1.807, 2.05) is 41.3 Å². The topological polar surface area (TPSA) is 45.7 Å². The number of carbonyl (C=O) groups is 1. The number of para-hydroxylation sites is 1. The van der Waals surface area contributed by atoms with Crippen LogP contribution in [0.2, 0.25) is 0 Å². The van der Waals surface area contributed by atoms with E-state index in [9.17, 15) is 4.79 Å². The fraction of sp³-hybridized carbons (Fsp3) is 0.379. The van der Waals surface area contributed by atoms with Gasteiger partial charge in [0.1, 0.15) is 11.6 Å².